The molecule has 0 radical (unpaired) electrons. The Labute approximate surface area is 845 Å². The number of nitrogens with one attached hydrogen (secondary N) is 3. The minimum atomic E-state index is -0.935. The third-order valence-electron chi connectivity index (χ3n) is 27.6. The minimum absolute atomic E-state index is 0. The van der Waals surface area contributed by atoms with Gasteiger partial charge < -0.3 is 40.9 Å². The number of anilines is 1. The van der Waals surface area contributed by atoms with E-state index in [0.29, 0.717) is 96.7 Å². The summed E-state index contributed by atoms with van der Waals surface area (Å²) >= 11 is 0. The number of halogens is 5. The first-order valence-electron chi connectivity index (χ1n) is 47.3. The number of aromatic nitrogens is 8. The molecule has 5 saturated carbocycles. The number of nitrogens with zero attached hydrogens (tertiary/aromatic N) is 13. The number of rotatable bonds is 20. The van der Waals surface area contributed by atoms with Crippen LogP contribution in [0.25, 0.3) is 0 Å². The summed E-state index contributed by atoms with van der Waals surface area (Å²) in [6.45, 7) is 16.5. The zero-order valence-corrected chi connectivity index (χ0v) is 80.4. The first-order valence-corrected chi connectivity index (χ1v) is 47.3. The Hall–Kier alpha value is -16.4. The van der Waals surface area contributed by atoms with Gasteiger partial charge >= 0.3 is 0 Å². The molecule has 8 aromatic carbocycles. The standard InChI is InChI=1S/2C26H23FN4O3.2C19H19FN4O2.C19H18FN3O2.2CH4/c2*1-15-13-29-21(14-28-15)22(32)11-16-8-9-20(27)18(10-16)26(2)19-12-23(19)34-25(31-26)30-24(33)17-6-4-3-5-7-17;2*1-10-8-23-15(9-22-10)16(25)6-11-3-4-14(20)12(5-11)19(2)13-7-17(13)26-18(21)24-19;1-19(13-9-12(21)7-8-15(13)20)14-10-16(14)25-18(23-19)22-17(24)11-5-3-2-4-6-11;;/h2*3-10,13-14,19,23H,11-12H2,1-2H3,(H,30,31,33);2*3-5,8-9,13,17H,6-7H2,1-2H3,(H2,21,24);2-9,14,16H,10,21H2,1H3,(H,22,23,24);2*1H4/t2*19-,23+,26+;2*13-,17+,19+;14-,16?,19+;;/m10100../s1. The Morgan fingerprint density at radius 1 is 0.299 bits per heavy atom. The van der Waals surface area contributed by atoms with Gasteiger partial charge in [-0.3, -0.25) is 69.4 Å². The van der Waals surface area contributed by atoms with Gasteiger partial charge in [0.15, 0.2) is 23.1 Å². The highest BCUT2D eigenvalue weighted by atomic mass is 19.1. The Bertz CT molecular complexity index is 6890. The van der Waals surface area contributed by atoms with Crippen molar-refractivity contribution in [3.05, 3.63) is 373 Å². The molecular weight excluding hydrogens is 1890 g/mol. The number of amidine groups is 5. The lowest BCUT2D eigenvalue weighted by Crippen LogP contribution is -2.41. The van der Waals surface area contributed by atoms with Gasteiger partial charge in [-0.05, 0) is 220 Å². The number of fused-ring (bicyclic) bond motifs is 5. The maximum absolute atomic E-state index is 15.0. The number of ether oxygens (including phenoxy) is 5. The van der Waals surface area contributed by atoms with E-state index in [2.05, 4.69) is 80.8 Å². The number of amides is 3. The molecule has 5 aliphatic carbocycles. The van der Waals surface area contributed by atoms with Gasteiger partial charge in [-0.2, -0.15) is 0 Å². The summed E-state index contributed by atoms with van der Waals surface area (Å²) in [5.74, 6) is -3.44. The summed E-state index contributed by atoms with van der Waals surface area (Å²) < 4.78 is 102. The molecule has 5 fully saturated rings. The molecule has 5 aliphatic heterocycles. The number of hydrogen-bond donors (Lipinski definition) is 6. The average Bonchev–Trinajstić information content (AvgIpc) is 1.59. The molecular formula is C111H110F5N19O12. The Balaban J connectivity index is 0.000000132. The maximum Gasteiger partial charge on any atom is 0.292 e. The number of Topliss-reactive ketones (excluding diaryl/α,β-unsaturated/α-hetero) is 4. The van der Waals surface area contributed by atoms with Crippen LogP contribution < -0.4 is 33.2 Å². The molecule has 9 heterocycles. The van der Waals surface area contributed by atoms with E-state index in [4.69, 9.17) is 40.9 Å². The number of carbonyl (C=O) groups is 7. The Kier molecular flexibility index (Phi) is 29.6. The number of aryl methyl sites for hydroxylation is 4. The van der Waals surface area contributed by atoms with Gasteiger partial charge in [0.2, 0.25) is 0 Å². The monoisotopic (exact) mass is 2000 g/mol. The lowest BCUT2D eigenvalue weighted by molar-refractivity contribution is 0.0946. The van der Waals surface area contributed by atoms with E-state index in [9.17, 15) is 46.7 Å². The van der Waals surface area contributed by atoms with Gasteiger partial charge in [0.25, 0.3) is 47.8 Å². The lowest BCUT2D eigenvalue weighted by atomic mass is 9.85. The van der Waals surface area contributed by atoms with Crippen LogP contribution in [-0.4, -0.2) is 141 Å². The number of ketones is 4. The topological polar surface area (TPSA) is 445 Å². The van der Waals surface area contributed by atoms with Crippen LogP contribution in [0.3, 0.4) is 0 Å². The van der Waals surface area contributed by atoms with Crippen molar-refractivity contribution in [1.29, 1.82) is 0 Å². The van der Waals surface area contributed by atoms with Crippen LogP contribution in [0.4, 0.5) is 27.6 Å². The Morgan fingerprint density at radius 3 is 0.762 bits per heavy atom. The van der Waals surface area contributed by atoms with Crippen molar-refractivity contribution in [3.8, 4) is 0 Å². The zero-order valence-electron chi connectivity index (χ0n) is 80.4. The average molecular weight is 2000 g/mol. The summed E-state index contributed by atoms with van der Waals surface area (Å²) in [5.41, 5.74) is 23.8. The zero-order chi connectivity index (χ0) is 102. The van der Waals surface area contributed by atoms with Crippen LogP contribution in [0.2, 0.25) is 0 Å². The van der Waals surface area contributed by atoms with Gasteiger partial charge in [0.05, 0.1) is 75.3 Å². The second kappa shape index (κ2) is 42.1. The summed E-state index contributed by atoms with van der Waals surface area (Å²) in [7, 11) is 0. The van der Waals surface area contributed by atoms with Crippen LogP contribution in [0.1, 0.15) is 227 Å². The molecule has 15 atom stereocenters. The van der Waals surface area contributed by atoms with Crippen molar-refractivity contribution in [2.75, 3.05) is 5.73 Å². The molecule has 36 heteroatoms. The van der Waals surface area contributed by atoms with Crippen molar-refractivity contribution >= 4 is 76.7 Å². The Morgan fingerprint density at radius 2 is 0.524 bits per heavy atom. The van der Waals surface area contributed by atoms with Crippen LogP contribution in [-0.2, 0) is 77.1 Å². The molecule has 756 valence electrons. The van der Waals surface area contributed by atoms with Crippen LogP contribution in [0.15, 0.2) is 257 Å². The van der Waals surface area contributed by atoms with Crippen molar-refractivity contribution in [1.82, 2.24) is 55.8 Å². The second-order valence-corrected chi connectivity index (χ2v) is 38.4. The molecule has 9 N–H and O–H groups in total. The first-order chi connectivity index (χ1) is 69.4. The predicted octanol–water partition coefficient (Wildman–Crippen LogP) is 16.2. The summed E-state index contributed by atoms with van der Waals surface area (Å²) in [4.78, 5) is 143. The van der Waals surface area contributed by atoms with Gasteiger partial charge in [-0.15, -0.1) is 0 Å². The fourth-order valence-electron chi connectivity index (χ4n) is 19.1. The molecule has 4 aromatic heterocycles. The van der Waals surface area contributed by atoms with E-state index in [0.717, 1.165) is 42.0 Å². The summed E-state index contributed by atoms with van der Waals surface area (Å²) in [6.07, 6.45) is 15.7. The van der Waals surface area contributed by atoms with E-state index < -0.39 is 39.3 Å². The van der Waals surface area contributed by atoms with Gasteiger partial charge in [-0.25, -0.2) is 66.9 Å². The van der Waals surface area contributed by atoms with Crippen molar-refractivity contribution in [2.45, 2.75) is 193 Å². The van der Waals surface area contributed by atoms with Crippen LogP contribution >= 0.6 is 0 Å². The van der Waals surface area contributed by atoms with Crippen LogP contribution in [0.5, 0.6) is 0 Å². The molecule has 22 rings (SSSR count). The molecule has 147 heavy (non-hydrogen) atoms. The van der Waals surface area contributed by atoms with E-state index in [1.165, 1.54) is 61.2 Å². The SMILES string of the molecule is C.C.C[C@]1(c2cc(N)ccc2F)N=C(NC(=O)c2ccccc2)OC2C[C@@H]21.Cc1cnc(C(=O)Cc2ccc(F)c([C@@]3(C)N=C(N)O[C@@H]4C[C@@H]43)c2)cn1.Cc1cnc(C(=O)Cc2ccc(F)c([C@@]3(C)N=C(NC(=O)c4ccccc4)O[C@@H]4C[C@@H]43)c2)cn1.Cc1cnc(C(=O)Cc2ccc(F)c([C@]3(C)N=C(N)O[C@H]4C[C@H]43)c2)cn1.Cc1cnc(C(=O)Cc2ccc(F)c([C@]3(C)N=C(NC(=O)c4ccccc4)O[C@H]4C[C@H]43)c2)cn1. The molecule has 10 aliphatic rings. The number of aliphatic imine (C=N–C) groups is 5. The number of nitrogen functional groups attached to an aromatic ring is 1. The highest BCUT2D eigenvalue weighted by Gasteiger charge is 2.62. The highest BCUT2D eigenvalue weighted by Crippen LogP contribution is 2.58. The lowest BCUT2D eigenvalue weighted by Gasteiger charge is -2.31. The maximum atomic E-state index is 15.0. The van der Waals surface area contributed by atoms with Crippen molar-refractivity contribution < 1.29 is 79.2 Å². The van der Waals surface area contributed by atoms with Gasteiger partial charge in [0.1, 0.15) is 82.4 Å². The molecule has 0 saturated heterocycles. The molecule has 1 unspecified atom stereocenters. The first kappa shape index (κ1) is 103. The third-order valence-corrected chi connectivity index (χ3v) is 27.6. The quantitative estimate of drug-likeness (QED) is 0.0234. The van der Waals surface area contributed by atoms with Crippen LogP contribution in [0, 0.1) is 86.4 Å². The fourth-order valence-corrected chi connectivity index (χ4v) is 19.1. The molecule has 31 nitrogen and oxygen atoms in total. The smallest absolute Gasteiger partial charge is 0.292 e. The molecule has 3 amide bonds. The fraction of sp³-hybridized carbons (Fsp3) is 0.315. The minimum Gasteiger partial charge on any atom is -0.462 e. The predicted molar refractivity (Wildman–Crippen MR) is 538 cm³/mol. The number of hydrogen-bond acceptors (Lipinski definition) is 28. The van der Waals surface area contributed by atoms with E-state index in [1.807, 2.05) is 52.8 Å². The van der Waals surface area contributed by atoms with Crippen molar-refractivity contribution in [2.24, 2.45) is 66.0 Å². The number of nitrogens with two attached hydrogens (primary N) is 3. The number of benzene rings is 8. The highest BCUT2D eigenvalue weighted by molar-refractivity contribution is 6.06. The molecule has 0 bridgehead atoms. The van der Waals surface area contributed by atoms with Crippen molar-refractivity contribution in [3.63, 3.8) is 0 Å². The summed E-state index contributed by atoms with van der Waals surface area (Å²) in [6, 6.07) is 49.8. The van der Waals surface area contributed by atoms with Gasteiger partial charge in [-0.1, -0.05) is 93.7 Å². The molecule has 12 aromatic rings. The van der Waals surface area contributed by atoms with E-state index in [1.54, 1.807) is 180 Å². The largest absolute Gasteiger partial charge is 0.462 e. The third kappa shape index (κ3) is 22.9. The van der Waals surface area contributed by atoms with E-state index >= 15 is 8.78 Å². The number of carbonyl (C=O) groups excluding carboxylic acids is 7. The molecule has 0 spiro atoms. The normalized spacial score (nSPS) is 24.5. The summed E-state index contributed by atoms with van der Waals surface area (Å²) in [5, 5.41) is 8.10. The second-order valence-electron chi connectivity index (χ2n) is 38.4. The van der Waals surface area contributed by atoms with Gasteiger partial charge in [0, 0.05) is 130 Å². The van der Waals surface area contributed by atoms with E-state index in [-0.39, 0.29) is 200 Å².